The van der Waals surface area contributed by atoms with E-state index in [1.807, 2.05) is 0 Å². The van der Waals surface area contributed by atoms with E-state index in [1.54, 1.807) is 0 Å². The largest absolute Gasteiger partial charge is 0.379 e. The molecular weight excluding hydrogens is 1010 g/mol. The zero-order chi connectivity index (χ0) is 55.2. The highest BCUT2D eigenvalue weighted by Gasteiger charge is 2.23. The zero-order valence-corrected chi connectivity index (χ0v) is 48.5. The van der Waals surface area contributed by atoms with Gasteiger partial charge < -0.3 is 18.9 Å². The van der Waals surface area contributed by atoms with Crippen LogP contribution in [0.5, 0.6) is 0 Å². The summed E-state index contributed by atoms with van der Waals surface area (Å²) in [5.41, 5.74) is -0.630. The predicted molar refractivity (Wildman–Crippen MR) is 302 cm³/mol. The Balaban J connectivity index is 1.49. The lowest BCUT2D eigenvalue weighted by Gasteiger charge is -2.18. The fourth-order valence-corrected chi connectivity index (χ4v) is 10.9. The molecule has 0 aliphatic rings. The van der Waals surface area contributed by atoms with Gasteiger partial charge in [0.05, 0.1) is 36.3 Å². The molecule has 0 saturated heterocycles. The average Bonchev–Trinajstić information content (AvgIpc) is 3.41. The Morgan fingerprint density at radius 2 is 0.645 bits per heavy atom. The number of nitro benzene ring substituents is 2. The highest BCUT2D eigenvalue weighted by atomic mass is 32.2. The number of nitro groups is 2. The maximum Gasteiger partial charge on any atom is 0.297 e. The van der Waals surface area contributed by atoms with Crippen LogP contribution in [0.2, 0.25) is 0 Å². The molecule has 2 aromatic carbocycles. The molecule has 0 aromatic heterocycles. The molecule has 0 unspecified atom stereocenters. The Morgan fingerprint density at radius 1 is 0.382 bits per heavy atom. The van der Waals surface area contributed by atoms with E-state index in [0.717, 1.165) is 89.2 Å². The molecule has 2 aromatic rings. The first-order valence-corrected chi connectivity index (χ1v) is 32.4. The van der Waals surface area contributed by atoms with Crippen molar-refractivity contribution in [1.29, 1.82) is 0 Å². The molecule has 0 aliphatic heterocycles. The van der Waals surface area contributed by atoms with Gasteiger partial charge in [-0.05, 0) is 37.8 Å². The minimum Gasteiger partial charge on any atom is -0.379 e. The normalized spacial score (nSPS) is 12.8. The lowest BCUT2D eigenvalue weighted by molar-refractivity contribution is -0.385. The molecule has 0 saturated carbocycles. The summed E-state index contributed by atoms with van der Waals surface area (Å²) in [5, 5.41) is 22.4. The van der Waals surface area contributed by atoms with E-state index in [0.29, 0.717) is 26.4 Å². The molecule has 0 N–H and O–H groups in total. The Labute approximate surface area is 459 Å². The Bertz CT molecular complexity index is 1830. The second kappa shape index (κ2) is 45.7. The summed E-state index contributed by atoms with van der Waals surface area (Å²) in [4.78, 5) is 20.6. The van der Waals surface area contributed by atoms with Crippen LogP contribution in [0.1, 0.15) is 232 Å². The summed E-state index contributed by atoms with van der Waals surface area (Å²) in [6.45, 7) is 6.52. The van der Waals surface area contributed by atoms with Gasteiger partial charge in [0.25, 0.3) is 31.6 Å². The summed E-state index contributed by atoms with van der Waals surface area (Å²) in [6, 6.07) is 9.72. The monoisotopic (exact) mass is 1110 g/mol. The van der Waals surface area contributed by atoms with E-state index in [-0.39, 0.29) is 47.6 Å². The third-order valence-electron chi connectivity index (χ3n) is 13.6. The van der Waals surface area contributed by atoms with Gasteiger partial charge in [-0.2, -0.15) is 16.8 Å². The van der Waals surface area contributed by atoms with E-state index in [1.165, 1.54) is 178 Å². The van der Waals surface area contributed by atoms with Crippen LogP contribution in [-0.4, -0.2) is 91.7 Å². The molecule has 2 rings (SSSR count). The summed E-state index contributed by atoms with van der Waals surface area (Å²) in [5.74, 6) is 0. The molecule has 2 atom stereocenters. The highest BCUT2D eigenvalue weighted by molar-refractivity contribution is 7.87. The topological polar surface area (TPSA) is 210 Å². The van der Waals surface area contributed by atoms with Crippen LogP contribution in [0.4, 0.5) is 11.4 Å². The van der Waals surface area contributed by atoms with Crippen molar-refractivity contribution in [3.63, 3.8) is 0 Å². The van der Waals surface area contributed by atoms with Gasteiger partial charge in [-0.15, -0.1) is 0 Å². The molecule has 0 heterocycles. The minimum atomic E-state index is -4.21. The first-order chi connectivity index (χ1) is 36.9. The van der Waals surface area contributed by atoms with Crippen LogP contribution in [0.25, 0.3) is 0 Å². The maximum absolute atomic E-state index is 12.9. The van der Waals surface area contributed by atoms with Gasteiger partial charge in [0.2, 0.25) is 0 Å². The molecular formula is C58H100N2O14S2. The smallest absolute Gasteiger partial charge is 0.297 e. The van der Waals surface area contributed by atoms with E-state index in [4.69, 9.17) is 27.3 Å². The highest BCUT2D eigenvalue weighted by Crippen LogP contribution is 2.22. The molecule has 0 bridgehead atoms. The maximum atomic E-state index is 12.9. The van der Waals surface area contributed by atoms with Crippen molar-refractivity contribution >= 4 is 31.6 Å². The van der Waals surface area contributed by atoms with Crippen molar-refractivity contribution in [2.45, 2.75) is 254 Å². The molecule has 76 heavy (non-hydrogen) atoms. The van der Waals surface area contributed by atoms with Crippen LogP contribution < -0.4 is 0 Å². The van der Waals surface area contributed by atoms with Crippen LogP contribution in [0, 0.1) is 20.2 Å². The second-order valence-corrected chi connectivity index (χ2v) is 23.7. The summed E-state index contributed by atoms with van der Waals surface area (Å²) in [7, 11) is -8.41. The SMILES string of the molecule is CCCCCCCCCCO[C@@H](COCCCCCCCCCCCCCCCCCCCCOC[C@@H](COS(=O)(=O)c1cccc([N+](=O)[O-])c1)OCCCCCCCCCC)COS(=O)(=O)c1cccc([N+](=O)[O-])c1. The molecule has 0 radical (unpaired) electrons. The lowest BCUT2D eigenvalue weighted by Crippen LogP contribution is -2.28. The quantitative estimate of drug-likeness (QED) is 0.0261. The fourth-order valence-electron chi connectivity index (χ4n) is 8.90. The number of rotatable bonds is 55. The van der Waals surface area contributed by atoms with E-state index in [9.17, 15) is 37.1 Å². The van der Waals surface area contributed by atoms with Gasteiger partial charge in [-0.3, -0.25) is 28.6 Å². The molecule has 0 fully saturated rings. The first kappa shape index (κ1) is 69.0. The molecule has 0 amide bonds. The molecule has 0 aliphatic carbocycles. The Kier molecular flexibility index (Phi) is 41.5. The molecule has 16 nitrogen and oxygen atoms in total. The number of nitrogens with zero attached hydrogens (tertiary/aromatic N) is 2. The van der Waals surface area contributed by atoms with Crippen LogP contribution in [-0.2, 0) is 47.5 Å². The zero-order valence-electron chi connectivity index (χ0n) is 46.9. The van der Waals surface area contributed by atoms with Gasteiger partial charge in [0.15, 0.2) is 0 Å². The van der Waals surface area contributed by atoms with E-state index < -0.39 is 42.3 Å². The Hall–Kier alpha value is -3.10. The number of non-ortho nitro benzene ring substituents is 2. The molecule has 0 spiro atoms. The molecule has 438 valence electrons. The van der Waals surface area contributed by atoms with Gasteiger partial charge in [0, 0.05) is 50.7 Å². The van der Waals surface area contributed by atoms with Gasteiger partial charge in [-0.1, -0.05) is 219 Å². The van der Waals surface area contributed by atoms with Crippen molar-refractivity contribution in [3.05, 3.63) is 68.8 Å². The minimum absolute atomic E-state index is 0.216. The number of hydrogen-bond acceptors (Lipinski definition) is 14. The summed E-state index contributed by atoms with van der Waals surface area (Å²) in [6.07, 6.45) is 39.1. The van der Waals surface area contributed by atoms with Crippen LogP contribution >= 0.6 is 0 Å². The standard InChI is InChI=1S/C58H100N2O14S2/c1-3-5-7-9-11-27-31-35-45-71-55(51-73-75(65,66)57-41-37-39-53(47-57)59(61)62)49-69-43-33-29-25-23-21-19-17-15-13-14-16-18-20-22-24-26-30-34-44-70-50-56(72-46-36-32-28-12-10-8-6-4-2)52-74-76(67,68)58-42-38-40-54(48-58)60(63)64/h37-42,47-48,55-56H,3-36,43-46,49-52H2,1-2H3/t55-,56-/m0/s1. The first-order valence-electron chi connectivity index (χ1n) is 29.6. The van der Waals surface area contributed by atoms with Gasteiger partial charge in [-0.25, -0.2) is 0 Å². The lowest BCUT2D eigenvalue weighted by atomic mass is 10.0. The second-order valence-electron chi connectivity index (χ2n) is 20.4. The fraction of sp³-hybridized carbons (Fsp3) is 0.793. The number of unbranched alkanes of at least 4 members (excludes halogenated alkanes) is 31. The summed E-state index contributed by atoms with van der Waals surface area (Å²) >= 11 is 0. The number of hydrogen-bond donors (Lipinski definition) is 0. The number of benzene rings is 2. The van der Waals surface area contributed by atoms with E-state index >= 15 is 0 Å². The summed E-state index contributed by atoms with van der Waals surface area (Å²) < 4.78 is 86.0. The van der Waals surface area contributed by atoms with E-state index in [2.05, 4.69) is 13.8 Å². The predicted octanol–water partition coefficient (Wildman–Crippen LogP) is 15.7. The molecule has 18 heteroatoms. The van der Waals surface area contributed by atoms with Crippen molar-refractivity contribution < 1.29 is 54.0 Å². The van der Waals surface area contributed by atoms with Crippen molar-refractivity contribution in [2.75, 3.05) is 52.9 Å². The third kappa shape index (κ3) is 36.1. The third-order valence-corrected chi connectivity index (χ3v) is 16.1. The van der Waals surface area contributed by atoms with Gasteiger partial charge in [0.1, 0.15) is 22.0 Å². The van der Waals surface area contributed by atoms with Crippen molar-refractivity contribution in [1.82, 2.24) is 0 Å². The Morgan fingerprint density at radius 3 is 0.921 bits per heavy atom. The number of ether oxygens (including phenoxy) is 4. The average molecular weight is 1110 g/mol. The van der Waals surface area contributed by atoms with Gasteiger partial charge >= 0.3 is 0 Å². The van der Waals surface area contributed by atoms with Crippen LogP contribution in [0.15, 0.2) is 58.3 Å². The van der Waals surface area contributed by atoms with Crippen LogP contribution in [0.3, 0.4) is 0 Å². The van der Waals surface area contributed by atoms with Crippen molar-refractivity contribution in [3.8, 4) is 0 Å². The van der Waals surface area contributed by atoms with Crippen molar-refractivity contribution in [2.24, 2.45) is 0 Å².